The predicted octanol–water partition coefficient (Wildman–Crippen LogP) is 7.03. The van der Waals surface area contributed by atoms with Crippen molar-refractivity contribution in [3.63, 3.8) is 0 Å². The Morgan fingerprint density at radius 1 is 1.05 bits per heavy atom. The molecule has 37 heavy (non-hydrogen) atoms. The first-order chi connectivity index (χ1) is 17.8. The molecule has 1 aliphatic heterocycles. The summed E-state index contributed by atoms with van der Waals surface area (Å²) >= 11 is 1.59. The Morgan fingerprint density at radius 3 is 2.43 bits per heavy atom. The van der Waals surface area contributed by atoms with E-state index in [9.17, 15) is 4.79 Å². The number of carbonyl (C=O) groups is 1. The van der Waals surface area contributed by atoms with Gasteiger partial charge in [0.15, 0.2) is 0 Å². The van der Waals surface area contributed by atoms with E-state index < -0.39 is 6.04 Å². The fourth-order valence-corrected chi connectivity index (χ4v) is 5.84. The van der Waals surface area contributed by atoms with Gasteiger partial charge in [0.1, 0.15) is 12.1 Å². The van der Waals surface area contributed by atoms with Gasteiger partial charge in [-0.2, -0.15) is 4.98 Å². The van der Waals surface area contributed by atoms with Crippen LogP contribution in [0.25, 0.3) is 0 Å². The van der Waals surface area contributed by atoms with Crippen molar-refractivity contribution in [3.05, 3.63) is 82.6 Å². The van der Waals surface area contributed by atoms with Gasteiger partial charge in [0.25, 0.3) is 0 Å². The molecule has 1 unspecified atom stereocenters. The van der Waals surface area contributed by atoms with Crippen molar-refractivity contribution in [1.29, 1.82) is 0 Å². The third-order valence-corrected chi connectivity index (χ3v) is 8.09. The van der Waals surface area contributed by atoms with Gasteiger partial charge in [-0.15, -0.1) is 5.10 Å². The molecule has 0 radical (unpaired) electrons. The number of hydrogen-bond acceptors (Lipinski definition) is 6. The van der Waals surface area contributed by atoms with Gasteiger partial charge in [0.05, 0.1) is 5.57 Å². The lowest BCUT2D eigenvalue weighted by Gasteiger charge is -2.30. The Hall–Kier alpha value is -3.06. The molecule has 2 aromatic carbocycles. The number of esters is 1. The summed E-state index contributed by atoms with van der Waals surface area (Å²) in [4.78, 5) is 18.4. The van der Waals surface area contributed by atoms with Crippen molar-refractivity contribution in [2.75, 3.05) is 5.32 Å². The minimum atomic E-state index is -0.403. The maximum atomic E-state index is 13.6. The highest BCUT2D eigenvalue weighted by Gasteiger charge is 2.36. The summed E-state index contributed by atoms with van der Waals surface area (Å²) in [5, 5.41) is 8.89. The average Bonchev–Trinajstić information content (AvgIpc) is 3.29. The molecule has 3 aromatic rings. The molecule has 0 spiro atoms. The molecule has 6 nitrogen and oxygen atoms in total. The Labute approximate surface area is 223 Å². The number of nitrogens with zero attached hydrogens (tertiary/aromatic N) is 3. The SMILES string of the molecule is CC1=C(C(=O)OC2CCCCC2)C(c2ccc(C(C)(C)C)cc2)n2nc(SCc3ccccc3)nc2N1. The first kappa shape index (κ1) is 25.6. The standard InChI is InChI=1S/C30H36N4O2S/c1-20-25(27(35)36-24-13-9-6-10-14-24)26(22-15-17-23(18-16-22)30(2,3)4)34-28(31-20)32-29(33-34)37-19-21-11-7-5-8-12-21/h5,7-8,11-12,15-18,24,26H,6,9-10,13-14,19H2,1-4H3,(H,31,32,33). The van der Waals surface area contributed by atoms with Crippen molar-refractivity contribution in [2.45, 2.75) is 88.3 Å². The summed E-state index contributed by atoms with van der Waals surface area (Å²) < 4.78 is 7.91. The first-order valence-corrected chi connectivity index (χ1v) is 14.2. The third kappa shape index (κ3) is 5.77. The molecule has 2 aliphatic rings. The van der Waals surface area contributed by atoms with Crippen LogP contribution < -0.4 is 5.32 Å². The van der Waals surface area contributed by atoms with Crippen LogP contribution in [0, 0.1) is 0 Å². The molecule has 0 amide bonds. The van der Waals surface area contributed by atoms with Crippen molar-refractivity contribution < 1.29 is 9.53 Å². The fraction of sp³-hybridized carbons (Fsp3) is 0.433. The number of rotatable bonds is 6. The van der Waals surface area contributed by atoms with E-state index in [1.54, 1.807) is 11.8 Å². The highest BCUT2D eigenvalue weighted by Crippen LogP contribution is 2.38. The monoisotopic (exact) mass is 516 g/mol. The lowest BCUT2D eigenvalue weighted by Crippen LogP contribution is -2.32. The molecular weight excluding hydrogens is 480 g/mol. The summed E-state index contributed by atoms with van der Waals surface area (Å²) in [7, 11) is 0. The van der Waals surface area contributed by atoms with Gasteiger partial charge in [-0.05, 0) is 54.7 Å². The van der Waals surface area contributed by atoms with E-state index in [2.05, 4.69) is 62.5 Å². The number of anilines is 1. The predicted molar refractivity (Wildman–Crippen MR) is 149 cm³/mol. The van der Waals surface area contributed by atoms with E-state index >= 15 is 0 Å². The molecule has 5 rings (SSSR count). The Bertz CT molecular complexity index is 1270. The molecule has 2 heterocycles. The van der Waals surface area contributed by atoms with Crippen LogP contribution >= 0.6 is 11.8 Å². The Balaban J connectivity index is 1.48. The smallest absolute Gasteiger partial charge is 0.338 e. The molecule has 1 fully saturated rings. The third-order valence-electron chi connectivity index (χ3n) is 7.18. The summed E-state index contributed by atoms with van der Waals surface area (Å²) in [6.45, 7) is 8.54. The van der Waals surface area contributed by atoms with Gasteiger partial charge in [-0.25, -0.2) is 9.48 Å². The van der Waals surface area contributed by atoms with Gasteiger partial charge in [-0.1, -0.05) is 93.6 Å². The zero-order valence-electron chi connectivity index (χ0n) is 22.2. The second-order valence-corrected chi connectivity index (χ2v) is 12.0. The topological polar surface area (TPSA) is 69.0 Å². The Kier molecular flexibility index (Phi) is 7.43. The van der Waals surface area contributed by atoms with Crippen LogP contribution in [-0.4, -0.2) is 26.8 Å². The molecule has 1 saturated carbocycles. The van der Waals surface area contributed by atoms with Gasteiger partial charge in [-0.3, -0.25) is 0 Å². The number of ether oxygens (including phenoxy) is 1. The highest BCUT2D eigenvalue weighted by molar-refractivity contribution is 7.98. The van der Waals surface area contributed by atoms with Crippen molar-refractivity contribution >= 4 is 23.7 Å². The number of carbonyl (C=O) groups excluding carboxylic acids is 1. The quantitative estimate of drug-likeness (QED) is 0.280. The number of nitrogens with one attached hydrogen (secondary N) is 1. The number of aromatic nitrogens is 3. The summed E-state index contributed by atoms with van der Waals surface area (Å²) in [5.41, 5.74) is 4.87. The van der Waals surface area contributed by atoms with Gasteiger partial charge < -0.3 is 10.1 Å². The second-order valence-electron chi connectivity index (χ2n) is 11.0. The van der Waals surface area contributed by atoms with E-state index in [0.29, 0.717) is 16.7 Å². The number of benzene rings is 2. The molecule has 1 aromatic heterocycles. The van der Waals surface area contributed by atoms with Crippen molar-refractivity contribution in [3.8, 4) is 0 Å². The van der Waals surface area contributed by atoms with E-state index in [1.165, 1.54) is 17.5 Å². The zero-order chi connectivity index (χ0) is 26.0. The molecule has 0 bridgehead atoms. The Morgan fingerprint density at radius 2 is 1.76 bits per heavy atom. The molecule has 1 atom stereocenters. The number of fused-ring (bicyclic) bond motifs is 1. The average molecular weight is 517 g/mol. The molecular formula is C30H36N4O2S. The van der Waals surface area contributed by atoms with Crippen LogP contribution in [0.2, 0.25) is 0 Å². The summed E-state index contributed by atoms with van der Waals surface area (Å²) in [5.74, 6) is 1.16. The number of thioether (sulfide) groups is 1. The van der Waals surface area contributed by atoms with Crippen molar-refractivity contribution in [2.24, 2.45) is 0 Å². The van der Waals surface area contributed by atoms with Crippen LogP contribution in [-0.2, 0) is 20.7 Å². The van der Waals surface area contributed by atoms with E-state index in [1.807, 2.05) is 29.8 Å². The molecule has 194 valence electrons. The summed E-state index contributed by atoms with van der Waals surface area (Å²) in [6, 6.07) is 18.4. The summed E-state index contributed by atoms with van der Waals surface area (Å²) in [6.07, 6.45) is 5.30. The van der Waals surface area contributed by atoms with Crippen LogP contribution in [0.15, 0.2) is 71.0 Å². The van der Waals surface area contributed by atoms with Crippen LogP contribution in [0.5, 0.6) is 0 Å². The fourth-order valence-electron chi connectivity index (χ4n) is 5.05. The van der Waals surface area contributed by atoms with Crippen LogP contribution in [0.4, 0.5) is 5.95 Å². The minimum Gasteiger partial charge on any atom is -0.459 e. The van der Waals surface area contributed by atoms with Gasteiger partial charge >= 0.3 is 5.97 Å². The van der Waals surface area contributed by atoms with Gasteiger partial charge in [0, 0.05) is 11.4 Å². The van der Waals surface area contributed by atoms with Crippen LogP contribution in [0.3, 0.4) is 0 Å². The van der Waals surface area contributed by atoms with Gasteiger partial charge in [0.2, 0.25) is 11.1 Å². The molecule has 1 N–H and O–H groups in total. The largest absolute Gasteiger partial charge is 0.459 e. The molecule has 1 aliphatic carbocycles. The normalized spacial score (nSPS) is 18.3. The zero-order valence-corrected chi connectivity index (χ0v) is 23.0. The number of hydrogen-bond donors (Lipinski definition) is 1. The van der Waals surface area contributed by atoms with E-state index in [0.717, 1.165) is 42.7 Å². The van der Waals surface area contributed by atoms with Crippen LogP contribution in [0.1, 0.15) is 82.5 Å². The number of allylic oxidation sites excluding steroid dienone is 1. The lowest BCUT2D eigenvalue weighted by atomic mass is 9.85. The molecule has 0 saturated heterocycles. The minimum absolute atomic E-state index is 0.0143. The first-order valence-electron chi connectivity index (χ1n) is 13.2. The van der Waals surface area contributed by atoms with E-state index in [4.69, 9.17) is 14.8 Å². The van der Waals surface area contributed by atoms with E-state index in [-0.39, 0.29) is 17.5 Å². The maximum Gasteiger partial charge on any atom is 0.338 e. The molecule has 7 heteroatoms. The van der Waals surface area contributed by atoms with Crippen molar-refractivity contribution in [1.82, 2.24) is 14.8 Å². The highest BCUT2D eigenvalue weighted by atomic mass is 32.2. The second kappa shape index (κ2) is 10.7. The lowest BCUT2D eigenvalue weighted by molar-refractivity contribution is -0.146. The maximum absolute atomic E-state index is 13.6.